The minimum absolute atomic E-state index is 0.413. The summed E-state index contributed by atoms with van der Waals surface area (Å²) >= 11 is 0. The van der Waals surface area contributed by atoms with E-state index in [-0.39, 0.29) is 0 Å². The highest BCUT2D eigenvalue weighted by Gasteiger charge is 2.09. The van der Waals surface area contributed by atoms with Gasteiger partial charge in [-0.3, -0.25) is 0 Å². The van der Waals surface area contributed by atoms with Gasteiger partial charge < -0.3 is 9.84 Å². The molecule has 0 radical (unpaired) electrons. The van der Waals surface area contributed by atoms with Gasteiger partial charge in [0.1, 0.15) is 6.54 Å². The number of tetrazole rings is 1. The van der Waals surface area contributed by atoms with Gasteiger partial charge in [-0.2, -0.15) is 4.80 Å². The second kappa shape index (κ2) is 5.62. The van der Waals surface area contributed by atoms with E-state index in [2.05, 4.69) is 25.9 Å². The standard InChI is InChI=1S/C13H14N6O/c1-14-8-11-7-12(20-17-11)9-19-16-13(15-18-19)10-5-3-2-4-6-10/h2-7,14H,8-9H2,1H3. The molecule has 0 fully saturated rings. The van der Waals surface area contributed by atoms with Crippen LogP contribution >= 0.6 is 0 Å². The van der Waals surface area contributed by atoms with Crippen molar-refractivity contribution < 1.29 is 4.52 Å². The zero-order valence-corrected chi connectivity index (χ0v) is 11.0. The fraction of sp³-hybridized carbons (Fsp3) is 0.231. The van der Waals surface area contributed by atoms with Gasteiger partial charge in [0, 0.05) is 18.2 Å². The largest absolute Gasteiger partial charge is 0.359 e. The normalized spacial score (nSPS) is 10.8. The lowest BCUT2D eigenvalue weighted by atomic mass is 10.2. The second-order valence-corrected chi connectivity index (χ2v) is 4.32. The number of rotatable bonds is 5. The molecule has 0 bridgehead atoms. The van der Waals surface area contributed by atoms with E-state index in [0.717, 1.165) is 11.3 Å². The Bertz CT molecular complexity index is 675. The summed E-state index contributed by atoms with van der Waals surface area (Å²) in [6.45, 7) is 1.08. The summed E-state index contributed by atoms with van der Waals surface area (Å²) < 4.78 is 5.22. The summed E-state index contributed by atoms with van der Waals surface area (Å²) in [4.78, 5) is 1.49. The third kappa shape index (κ3) is 2.72. The molecule has 102 valence electrons. The lowest BCUT2D eigenvalue weighted by molar-refractivity contribution is 0.356. The first-order valence-corrected chi connectivity index (χ1v) is 6.27. The van der Waals surface area contributed by atoms with E-state index in [1.165, 1.54) is 4.80 Å². The summed E-state index contributed by atoms with van der Waals surface area (Å²) in [6, 6.07) is 11.6. The molecule has 3 rings (SSSR count). The Morgan fingerprint density at radius 3 is 2.90 bits per heavy atom. The molecule has 1 N–H and O–H groups in total. The number of hydrogen-bond donors (Lipinski definition) is 1. The first kappa shape index (κ1) is 12.5. The fourth-order valence-electron chi connectivity index (χ4n) is 1.85. The molecule has 0 aliphatic rings. The van der Waals surface area contributed by atoms with Crippen molar-refractivity contribution in [2.45, 2.75) is 13.1 Å². The summed E-state index contributed by atoms with van der Waals surface area (Å²) in [5.74, 6) is 1.30. The minimum atomic E-state index is 0.413. The molecule has 0 aliphatic carbocycles. The smallest absolute Gasteiger partial charge is 0.204 e. The van der Waals surface area contributed by atoms with Crippen molar-refractivity contribution in [3.05, 3.63) is 47.9 Å². The van der Waals surface area contributed by atoms with Crippen LogP contribution in [0.3, 0.4) is 0 Å². The van der Waals surface area contributed by atoms with E-state index < -0.39 is 0 Å². The van der Waals surface area contributed by atoms with Crippen LogP contribution in [-0.2, 0) is 13.1 Å². The van der Waals surface area contributed by atoms with Gasteiger partial charge >= 0.3 is 0 Å². The molecule has 7 heteroatoms. The van der Waals surface area contributed by atoms with Crippen LogP contribution in [-0.4, -0.2) is 32.4 Å². The van der Waals surface area contributed by atoms with Crippen LogP contribution in [0.25, 0.3) is 11.4 Å². The molecule has 3 aromatic rings. The summed E-state index contributed by atoms with van der Waals surface area (Å²) in [5, 5.41) is 19.3. The Hall–Kier alpha value is -2.54. The van der Waals surface area contributed by atoms with Crippen LogP contribution in [0.2, 0.25) is 0 Å². The first-order chi connectivity index (χ1) is 9.85. The van der Waals surface area contributed by atoms with E-state index in [0.29, 0.717) is 24.7 Å². The van der Waals surface area contributed by atoms with Crippen LogP contribution < -0.4 is 5.32 Å². The average molecular weight is 270 g/mol. The Balaban J connectivity index is 1.73. The third-order valence-electron chi connectivity index (χ3n) is 2.75. The topological polar surface area (TPSA) is 81.7 Å². The highest BCUT2D eigenvalue weighted by molar-refractivity contribution is 5.52. The summed E-state index contributed by atoms with van der Waals surface area (Å²) in [6.07, 6.45) is 0. The van der Waals surface area contributed by atoms with Gasteiger partial charge in [-0.15, -0.1) is 10.2 Å². The minimum Gasteiger partial charge on any atom is -0.359 e. The van der Waals surface area contributed by atoms with E-state index in [1.807, 2.05) is 43.4 Å². The molecule has 0 spiro atoms. The molecular weight excluding hydrogens is 256 g/mol. The van der Waals surface area contributed by atoms with Crippen molar-refractivity contribution >= 4 is 0 Å². The van der Waals surface area contributed by atoms with Crippen molar-refractivity contribution in [3.8, 4) is 11.4 Å². The van der Waals surface area contributed by atoms with Gasteiger partial charge in [-0.1, -0.05) is 35.5 Å². The zero-order chi connectivity index (χ0) is 13.8. The molecule has 0 aliphatic heterocycles. The van der Waals surface area contributed by atoms with Crippen molar-refractivity contribution in [1.29, 1.82) is 0 Å². The summed E-state index contributed by atoms with van der Waals surface area (Å²) in [7, 11) is 1.86. The predicted octanol–water partition coefficient (Wildman–Crippen LogP) is 1.10. The maximum absolute atomic E-state index is 5.22. The first-order valence-electron chi connectivity index (χ1n) is 6.27. The number of aromatic nitrogens is 5. The maximum atomic E-state index is 5.22. The zero-order valence-electron chi connectivity index (χ0n) is 11.0. The number of nitrogens with zero attached hydrogens (tertiary/aromatic N) is 5. The van der Waals surface area contributed by atoms with E-state index in [9.17, 15) is 0 Å². The van der Waals surface area contributed by atoms with Crippen LogP contribution in [0.1, 0.15) is 11.5 Å². The van der Waals surface area contributed by atoms with E-state index in [4.69, 9.17) is 4.52 Å². The van der Waals surface area contributed by atoms with Crippen molar-refractivity contribution in [2.24, 2.45) is 0 Å². The van der Waals surface area contributed by atoms with Gasteiger partial charge in [0.15, 0.2) is 5.76 Å². The van der Waals surface area contributed by atoms with E-state index in [1.54, 1.807) is 0 Å². The molecule has 2 aromatic heterocycles. The predicted molar refractivity (Wildman–Crippen MR) is 71.6 cm³/mol. The quantitative estimate of drug-likeness (QED) is 0.747. The van der Waals surface area contributed by atoms with E-state index >= 15 is 0 Å². The highest BCUT2D eigenvalue weighted by atomic mass is 16.5. The lowest BCUT2D eigenvalue weighted by Gasteiger charge is -1.93. The lowest BCUT2D eigenvalue weighted by Crippen LogP contribution is -2.05. The molecular formula is C13H14N6O. The molecule has 0 amide bonds. The van der Waals surface area contributed by atoms with Crippen LogP contribution in [0.15, 0.2) is 40.9 Å². The Morgan fingerprint density at radius 2 is 2.10 bits per heavy atom. The van der Waals surface area contributed by atoms with Crippen LogP contribution in [0, 0.1) is 0 Å². The van der Waals surface area contributed by atoms with Gasteiger partial charge in [-0.25, -0.2) is 0 Å². The van der Waals surface area contributed by atoms with Gasteiger partial charge in [0.25, 0.3) is 0 Å². The van der Waals surface area contributed by atoms with Crippen molar-refractivity contribution in [1.82, 2.24) is 30.7 Å². The summed E-state index contributed by atoms with van der Waals surface area (Å²) in [5.41, 5.74) is 1.79. The number of nitrogens with one attached hydrogen (secondary N) is 1. The third-order valence-corrected chi connectivity index (χ3v) is 2.75. The van der Waals surface area contributed by atoms with Gasteiger partial charge in [-0.05, 0) is 12.3 Å². The Labute approximate surface area is 115 Å². The number of benzene rings is 1. The van der Waals surface area contributed by atoms with Crippen molar-refractivity contribution in [3.63, 3.8) is 0 Å². The molecule has 2 heterocycles. The second-order valence-electron chi connectivity index (χ2n) is 4.32. The monoisotopic (exact) mass is 270 g/mol. The Morgan fingerprint density at radius 1 is 1.25 bits per heavy atom. The molecule has 0 unspecified atom stereocenters. The maximum Gasteiger partial charge on any atom is 0.204 e. The molecule has 7 nitrogen and oxygen atoms in total. The van der Waals surface area contributed by atoms with Crippen LogP contribution in [0.4, 0.5) is 0 Å². The molecule has 0 atom stereocenters. The molecule has 20 heavy (non-hydrogen) atoms. The van der Waals surface area contributed by atoms with Crippen molar-refractivity contribution in [2.75, 3.05) is 7.05 Å². The highest BCUT2D eigenvalue weighted by Crippen LogP contribution is 2.12. The SMILES string of the molecule is CNCc1cc(Cn2nnc(-c3ccccc3)n2)on1. The fourth-order valence-corrected chi connectivity index (χ4v) is 1.85. The Kier molecular flexibility index (Phi) is 3.51. The van der Waals surface area contributed by atoms with Gasteiger partial charge in [0.2, 0.25) is 5.82 Å². The number of hydrogen-bond acceptors (Lipinski definition) is 6. The van der Waals surface area contributed by atoms with Gasteiger partial charge in [0.05, 0.1) is 5.69 Å². The van der Waals surface area contributed by atoms with Crippen LogP contribution in [0.5, 0.6) is 0 Å². The molecule has 0 saturated heterocycles. The average Bonchev–Trinajstić information content (AvgIpc) is 3.11. The molecule has 1 aromatic carbocycles. The molecule has 0 saturated carbocycles.